The Hall–Kier alpha value is -2.37. The molecule has 0 spiro atoms. The van der Waals surface area contributed by atoms with Gasteiger partial charge in [0.05, 0.1) is 15.3 Å². The normalized spacial score (nSPS) is 13.9. The third kappa shape index (κ3) is 6.07. The largest absolute Gasteiger partial charge is 0.491 e. The molecule has 35 heavy (non-hydrogen) atoms. The van der Waals surface area contributed by atoms with Crippen LogP contribution in [0.2, 0.25) is 5.02 Å². The average Bonchev–Trinajstić information content (AvgIpc) is 3.20. The molecule has 1 atom stereocenters. The molecular formula is C19H16ClF3N3O6PS2. The van der Waals surface area contributed by atoms with Crippen molar-refractivity contribution in [1.82, 2.24) is 4.72 Å². The van der Waals surface area contributed by atoms with Gasteiger partial charge in [0.25, 0.3) is 10.0 Å². The Labute approximate surface area is 206 Å². The summed E-state index contributed by atoms with van der Waals surface area (Å²) in [6.07, 6.45) is -6.47. The van der Waals surface area contributed by atoms with Crippen LogP contribution in [0.25, 0.3) is 10.1 Å². The van der Waals surface area contributed by atoms with E-state index in [0.29, 0.717) is 0 Å². The van der Waals surface area contributed by atoms with Crippen molar-refractivity contribution in [2.75, 3.05) is 19.4 Å². The predicted molar refractivity (Wildman–Crippen MR) is 123 cm³/mol. The lowest BCUT2D eigenvalue weighted by Gasteiger charge is -2.15. The summed E-state index contributed by atoms with van der Waals surface area (Å²) in [4.78, 5) is 9.99. The third-order valence-electron chi connectivity index (χ3n) is 4.31. The highest BCUT2D eigenvalue weighted by molar-refractivity contribution is 7.92. The first-order chi connectivity index (χ1) is 16.3. The van der Waals surface area contributed by atoms with E-state index in [2.05, 4.69) is 0 Å². The lowest BCUT2D eigenvalue weighted by atomic mass is 10.1. The minimum atomic E-state index is -5.24. The summed E-state index contributed by atoms with van der Waals surface area (Å²) in [7, 11) is -9.67. The average molecular weight is 570 g/mol. The van der Waals surface area contributed by atoms with Crippen molar-refractivity contribution in [3.63, 3.8) is 0 Å². The highest BCUT2D eigenvalue weighted by Gasteiger charge is 2.43. The number of thiophene rings is 1. The number of benzene rings is 2. The number of hydrogen-bond donors (Lipinski definition) is 3. The Morgan fingerprint density at radius 1 is 1.29 bits per heavy atom. The van der Waals surface area contributed by atoms with Gasteiger partial charge in [0.1, 0.15) is 40.2 Å². The summed E-state index contributed by atoms with van der Waals surface area (Å²) in [5, 5.41) is 8.49. The molecule has 16 heteroatoms. The molecule has 3 rings (SSSR count). The topological polar surface area (TPSA) is 152 Å². The minimum Gasteiger partial charge on any atom is -0.491 e. The molecule has 1 aromatic heterocycles. The summed E-state index contributed by atoms with van der Waals surface area (Å²) < 4.78 is 90.6. The zero-order valence-corrected chi connectivity index (χ0v) is 20.7. The maximum Gasteiger partial charge on any atom is 0.419 e. The molecule has 9 nitrogen and oxygen atoms in total. The van der Waals surface area contributed by atoms with Crippen LogP contribution in [-0.4, -0.2) is 32.7 Å². The number of alkyl halides is 3. The van der Waals surface area contributed by atoms with Gasteiger partial charge in [-0.25, -0.2) is 13.0 Å². The fourth-order valence-corrected chi connectivity index (χ4v) is 7.55. The van der Waals surface area contributed by atoms with Gasteiger partial charge < -0.3 is 19.9 Å². The van der Waals surface area contributed by atoms with E-state index < -0.39 is 50.8 Å². The number of nitriles is 1. The second-order valence-electron chi connectivity index (χ2n) is 6.79. The van der Waals surface area contributed by atoms with Crippen LogP contribution in [-0.2, 0) is 20.8 Å². The van der Waals surface area contributed by atoms with E-state index in [-0.39, 0.29) is 45.7 Å². The van der Waals surface area contributed by atoms with E-state index in [4.69, 9.17) is 26.6 Å². The van der Waals surface area contributed by atoms with Crippen LogP contribution in [0.5, 0.6) is 11.5 Å². The minimum absolute atomic E-state index is 0.00783. The molecule has 4 N–H and O–H groups in total. The van der Waals surface area contributed by atoms with Crippen molar-refractivity contribution in [2.24, 2.45) is 5.73 Å². The van der Waals surface area contributed by atoms with Gasteiger partial charge in [-0.2, -0.15) is 23.2 Å². The Kier molecular flexibility index (Phi) is 8.02. The number of halogens is 4. The van der Waals surface area contributed by atoms with Gasteiger partial charge in [-0.1, -0.05) is 29.8 Å². The van der Waals surface area contributed by atoms with Gasteiger partial charge in [-0.15, -0.1) is 11.3 Å². The Bertz CT molecular complexity index is 1440. The molecule has 0 saturated heterocycles. The number of nitrogens with two attached hydrogens (primary N) is 1. The molecule has 2 aromatic carbocycles. The van der Waals surface area contributed by atoms with Crippen LogP contribution in [0.3, 0.4) is 0 Å². The molecule has 3 aromatic rings. The molecule has 1 unspecified atom stereocenters. The van der Waals surface area contributed by atoms with E-state index in [1.807, 2.05) is 0 Å². The first-order valence-electron chi connectivity index (χ1n) is 9.46. The zero-order valence-electron chi connectivity index (χ0n) is 17.4. The lowest BCUT2D eigenvalue weighted by molar-refractivity contribution is -0.138. The monoisotopic (exact) mass is 569 g/mol. The van der Waals surface area contributed by atoms with Gasteiger partial charge in [0, 0.05) is 18.0 Å². The van der Waals surface area contributed by atoms with E-state index in [9.17, 15) is 36.3 Å². The van der Waals surface area contributed by atoms with Crippen LogP contribution in [0.15, 0.2) is 40.6 Å². The highest BCUT2D eigenvalue weighted by atomic mass is 35.5. The van der Waals surface area contributed by atoms with Crippen molar-refractivity contribution in [1.29, 1.82) is 5.26 Å². The van der Waals surface area contributed by atoms with Gasteiger partial charge in [-0.05, 0) is 12.1 Å². The summed E-state index contributed by atoms with van der Waals surface area (Å²) >= 11 is 6.25. The summed E-state index contributed by atoms with van der Waals surface area (Å²) in [5.74, 6) is -0.349. The maximum absolute atomic E-state index is 14.1. The van der Waals surface area contributed by atoms with Gasteiger partial charge in [0.2, 0.25) is 0 Å². The van der Waals surface area contributed by atoms with E-state index in [1.54, 1.807) is 16.9 Å². The van der Waals surface area contributed by atoms with Gasteiger partial charge >= 0.3 is 13.8 Å². The molecule has 0 saturated carbocycles. The van der Waals surface area contributed by atoms with Crippen LogP contribution < -0.4 is 19.7 Å². The molecule has 0 radical (unpaired) electrons. The number of ether oxygens (including phenoxy) is 1. The second-order valence-corrected chi connectivity index (χ2v) is 12.0. The molecule has 0 aliphatic rings. The SMILES string of the molecule is N#Cc1c(OCCN)cc(Cl)c2sc(S(=O)(=O)NCP(=O)(O)Oc3ccccc3)c(C(F)(F)F)c12. The van der Waals surface area contributed by atoms with E-state index >= 15 is 0 Å². The van der Waals surface area contributed by atoms with Crippen molar-refractivity contribution in [3.8, 4) is 17.6 Å². The van der Waals surface area contributed by atoms with Gasteiger partial charge in [0.15, 0.2) is 0 Å². The predicted octanol–water partition coefficient (Wildman–Crippen LogP) is 4.28. The number of sulfonamides is 1. The van der Waals surface area contributed by atoms with Crippen molar-refractivity contribution >= 4 is 50.6 Å². The number of fused-ring (bicyclic) bond motifs is 1. The Morgan fingerprint density at radius 3 is 2.51 bits per heavy atom. The first kappa shape index (κ1) is 27.2. The number of hydrogen-bond acceptors (Lipinski definition) is 8. The molecule has 0 aliphatic carbocycles. The molecular weight excluding hydrogens is 554 g/mol. The molecule has 0 fully saturated rings. The molecule has 0 amide bonds. The van der Waals surface area contributed by atoms with Crippen molar-refractivity contribution < 1.29 is 40.3 Å². The summed E-state index contributed by atoms with van der Waals surface area (Å²) in [6.45, 7) is -0.145. The fraction of sp³-hybridized carbons (Fsp3) is 0.211. The fourth-order valence-electron chi connectivity index (χ4n) is 2.94. The first-order valence-corrected chi connectivity index (χ1v) is 13.9. The Morgan fingerprint density at radius 2 is 1.94 bits per heavy atom. The van der Waals surface area contributed by atoms with Crippen LogP contribution in [0.4, 0.5) is 13.2 Å². The number of para-hydroxylation sites is 1. The van der Waals surface area contributed by atoms with Crippen LogP contribution in [0.1, 0.15) is 11.1 Å². The van der Waals surface area contributed by atoms with Crippen LogP contribution >= 0.6 is 30.5 Å². The quantitative estimate of drug-likeness (QED) is 0.323. The smallest absolute Gasteiger partial charge is 0.419 e. The van der Waals surface area contributed by atoms with E-state index in [1.165, 1.54) is 24.3 Å². The lowest BCUT2D eigenvalue weighted by Crippen LogP contribution is -2.27. The maximum atomic E-state index is 14.1. The summed E-state index contributed by atoms with van der Waals surface area (Å²) in [6, 6.07) is 9.95. The van der Waals surface area contributed by atoms with Crippen molar-refractivity contribution in [2.45, 2.75) is 10.4 Å². The highest BCUT2D eigenvalue weighted by Crippen LogP contribution is 2.50. The number of nitrogens with one attached hydrogen (secondary N) is 1. The van der Waals surface area contributed by atoms with Crippen molar-refractivity contribution in [3.05, 3.63) is 52.5 Å². The molecule has 188 valence electrons. The second kappa shape index (κ2) is 10.3. The Balaban J connectivity index is 2.09. The molecule has 0 bridgehead atoms. The molecule has 0 aliphatic heterocycles. The summed E-state index contributed by atoms with van der Waals surface area (Å²) in [5.41, 5.74) is 3.10. The van der Waals surface area contributed by atoms with E-state index in [0.717, 1.165) is 6.07 Å². The van der Waals surface area contributed by atoms with Crippen LogP contribution in [0, 0.1) is 11.3 Å². The number of rotatable bonds is 9. The van der Waals surface area contributed by atoms with Gasteiger partial charge in [-0.3, -0.25) is 0 Å². The molecule has 1 heterocycles. The standard InChI is InChI=1S/C19H16ClF3N3O6PS2/c20-13-8-14(31-7-6-24)12(9-25)15-16(19(21,22)23)18(34-17(13)15)35(29,30)26-10-33(27,28)32-11-4-2-1-3-5-11/h1-5,8,26H,6-7,10,24H2,(H,27,28). The third-order valence-corrected chi connectivity index (χ3v) is 9.13. The zero-order chi connectivity index (χ0) is 26.0. The number of nitrogens with zero attached hydrogens (tertiary/aromatic N) is 1.